The second-order valence-electron chi connectivity index (χ2n) is 5.72. The van der Waals surface area contributed by atoms with Crippen molar-refractivity contribution in [1.82, 2.24) is 10.6 Å². The Morgan fingerprint density at radius 1 is 1.12 bits per heavy atom. The van der Waals surface area contributed by atoms with Gasteiger partial charge in [0.2, 0.25) is 5.91 Å². The molecule has 0 radical (unpaired) electrons. The van der Waals surface area contributed by atoms with Crippen LogP contribution in [0.1, 0.15) is 11.1 Å². The zero-order valence-corrected chi connectivity index (χ0v) is 14.8. The standard InChI is InChI=1S/C19H22N2O3.ClH/c22-19(18-14-23-11-10-20-18)21-12-15-6-8-17(9-7-15)24-13-16-4-2-1-3-5-16;/h1-9,18,20H,10-14H2,(H,21,22);1H. The van der Waals surface area contributed by atoms with Crippen molar-refractivity contribution in [2.24, 2.45) is 0 Å². The molecule has 0 spiro atoms. The van der Waals surface area contributed by atoms with Gasteiger partial charge in [-0.15, -0.1) is 12.4 Å². The Labute approximate surface area is 154 Å². The van der Waals surface area contributed by atoms with Crippen molar-refractivity contribution in [2.75, 3.05) is 19.8 Å². The molecule has 3 rings (SSSR count). The summed E-state index contributed by atoms with van der Waals surface area (Å²) in [6.45, 7) is 2.85. The maximum Gasteiger partial charge on any atom is 0.239 e. The normalized spacial score (nSPS) is 16.6. The van der Waals surface area contributed by atoms with Crippen LogP contribution in [0.4, 0.5) is 0 Å². The van der Waals surface area contributed by atoms with Crippen LogP contribution in [0.2, 0.25) is 0 Å². The predicted molar refractivity (Wildman–Crippen MR) is 98.9 cm³/mol. The molecule has 0 aliphatic carbocycles. The van der Waals surface area contributed by atoms with E-state index in [0.29, 0.717) is 32.9 Å². The number of benzene rings is 2. The van der Waals surface area contributed by atoms with Gasteiger partial charge in [0.1, 0.15) is 18.4 Å². The zero-order valence-electron chi connectivity index (χ0n) is 13.9. The molecule has 25 heavy (non-hydrogen) atoms. The highest BCUT2D eigenvalue weighted by Crippen LogP contribution is 2.14. The number of halogens is 1. The largest absolute Gasteiger partial charge is 0.489 e. The van der Waals surface area contributed by atoms with E-state index in [9.17, 15) is 4.79 Å². The van der Waals surface area contributed by atoms with Crippen molar-refractivity contribution in [3.05, 3.63) is 65.7 Å². The average Bonchev–Trinajstić information content (AvgIpc) is 2.67. The van der Waals surface area contributed by atoms with E-state index in [-0.39, 0.29) is 24.4 Å². The lowest BCUT2D eigenvalue weighted by Gasteiger charge is -2.22. The third-order valence-electron chi connectivity index (χ3n) is 3.88. The Morgan fingerprint density at radius 3 is 2.56 bits per heavy atom. The summed E-state index contributed by atoms with van der Waals surface area (Å²) in [6, 6.07) is 17.6. The second kappa shape index (κ2) is 10.0. The SMILES string of the molecule is Cl.O=C(NCc1ccc(OCc2ccccc2)cc1)C1COCCN1. The van der Waals surface area contributed by atoms with Gasteiger partial charge >= 0.3 is 0 Å². The molecule has 1 unspecified atom stereocenters. The minimum atomic E-state index is -0.257. The molecule has 134 valence electrons. The van der Waals surface area contributed by atoms with Gasteiger partial charge in [-0.1, -0.05) is 42.5 Å². The first-order valence-electron chi connectivity index (χ1n) is 8.16. The van der Waals surface area contributed by atoms with E-state index in [1.165, 1.54) is 0 Å². The highest BCUT2D eigenvalue weighted by molar-refractivity contribution is 5.85. The fourth-order valence-electron chi connectivity index (χ4n) is 2.49. The molecule has 5 nitrogen and oxygen atoms in total. The predicted octanol–water partition coefficient (Wildman–Crippen LogP) is 2.29. The van der Waals surface area contributed by atoms with Gasteiger partial charge in [0.25, 0.3) is 0 Å². The van der Waals surface area contributed by atoms with Crippen LogP contribution in [0.5, 0.6) is 5.75 Å². The minimum Gasteiger partial charge on any atom is -0.489 e. The van der Waals surface area contributed by atoms with E-state index in [1.807, 2.05) is 54.6 Å². The Kier molecular flexibility index (Phi) is 7.73. The fraction of sp³-hybridized carbons (Fsp3) is 0.316. The third kappa shape index (κ3) is 6.05. The summed E-state index contributed by atoms with van der Waals surface area (Å²) in [5, 5.41) is 6.06. The number of carbonyl (C=O) groups excluding carboxylic acids is 1. The summed E-state index contributed by atoms with van der Waals surface area (Å²) in [6.07, 6.45) is 0. The summed E-state index contributed by atoms with van der Waals surface area (Å²) >= 11 is 0. The van der Waals surface area contributed by atoms with E-state index >= 15 is 0 Å². The fourth-order valence-corrected chi connectivity index (χ4v) is 2.49. The summed E-state index contributed by atoms with van der Waals surface area (Å²) in [7, 11) is 0. The van der Waals surface area contributed by atoms with Crippen molar-refractivity contribution in [1.29, 1.82) is 0 Å². The number of nitrogens with one attached hydrogen (secondary N) is 2. The van der Waals surface area contributed by atoms with Gasteiger partial charge in [-0.05, 0) is 23.3 Å². The molecule has 1 fully saturated rings. The van der Waals surface area contributed by atoms with Crippen LogP contribution in [0.15, 0.2) is 54.6 Å². The molecular weight excluding hydrogens is 340 g/mol. The molecule has 0 saturated carbocycles. The number of ether oxygens (including phenoxy) is 2. The van der Waals surface area contributed by atoms with Crippen molar-refractivity contribution in [3.63, 3.8) is 0 Å². The van der Waals surface area contributed by atoms with Gasteiger partial charge in [-0.25, -0.2) is 0 Å². The van der Waals surface area contributed by atoms with Crippen LogP contribution < -0.4 is 15.4 Å². The molecular formula is C19H23ClN2O3. The highest BCUT2D eigenvalue weighted by atomic mass is 35.5. The minimum absolute atomic E-state index is 0. The van der Waals surface area contributed by atoms with Crippen molar-refractivity contribution < 1.29 is 14.3 Å². The van der Waals surface area contributed by atoms with Gasteiger partial charge in [-0.3, -0.25) is 4.79 Å². The molecule has 1 saturated heterocycles. The van der Waals surface area contributed by atoms with E-state index in [0.717, 1.165) is 16.9 Å². The number of carbonyl (C=O) groups is 1. The highest BCUT2D eigenvalue weighted by Gasteiger charge is 2.20. The van der Waals surface area contributed by atoms with Gasteiger partial charge in [0.05, 0.1) is 13.2 Å². The Balaban J connectivity index is 0.00000225. The summed E-state index contributed by atoms with van der Waals surface area (Å²) in [5.41, 5.74) is 2.17. The van der Waals surface area contributed by atoms with Crippen molar-refractivity contribution >= 4 is 18.3 Å². The second-order valence-corrected chi connectivity index (χ2v) is 5.72. The van der Waals surface area contributed by atoms with E-state index in [1.54, 1.807) is 0 Å². The number of amides is 1. The van der Waals surface area contributed by atoms with E-state index in [4.69, 9.17) is 9.47 Å². The van der Waals surface area contributed by atoms with Gasteiger partial charge < -0.3 is 20.1 Å². The maximum absolute atomic E-state index is 12.0. The quantitative estimate of drug-likeness (QED) is 0.827. The molecule has 1 amide bonds. The smallest absolute Gasteiger partial charge is 0.239 e. The molecule has 2 aromatic carbocycles. The molecule has 6 heteroatoms. The molecule has 2 N–H and O–H groups in total. The van der Waals surface area contributed by atoms with Gasteiger partial charge in [0.15, 0.2) is 0 Å². The Morgan fingerprint density at radius 2 is 1.88 bits per heavy atom. The van der Waals surface area contributed by atoms with Crippen LogP contribution in [0, 0.1) is 0 Å². The van der Waals surface area contributed by atoms with E-state index < -0.39 is 0 Å². The lowest BCUT2D eigenvalue weighted by Crippen LogP contribution is -2.51. The summed E-state index contributed by atoms with van der Waals surface area (Å²) in [4.78, 5) is 12.0. The van der Waals surface area contributed by atoms with Gasteiger partial charge in [-0.2, -0.15) is 0 Å². The van der Waals surface area contributed by atoms with E-state index in [2.05, 4.69) is 10.6 Å². The van der Waals surface area contributed by atoms with Crippen LogP contribution in [0.3, 0.4) is 0 Å². The maximum atomic E-state index is 12.0. The number of morpholine rings is 1. The molecule has 1 atom stereocenters. The first kappa shape index (κ1) is 19.2. The molecule has 1 aliphatic heterocycles. The summed E-state index contributed by atoms with van der Waals surface area (Å²) in [5.74, 6) is 0.787. The zero-order chi connectivity index (χ0) is 16.6. The first-order chi connectivity index (χ1) is 11.8. The topological polar surface area (TPSA) is 59.6 Å². The Hall–Kier alpha value is -2.08. The van der Waals surface area contributed by atoms with Crippen molar-refractivity contribution in [3.8, 4) is 5.75 Å². The lowest BCUT2D eigenvalue weighted by molar-refractivity contribution is -0.126. The van der Waals surface area contributed by atoms with Crippen LogP contribution in [0.25, 0.3) is 0 Å². The van der Waals surface area contributed by atoms with Gasteiger partial charge in [0, 0.05) is 13.1 Å². The first-order valence-corrected chi connectivity index (χ1v) is 8.16. The Bertz CT molecular complexity index is 643. The third-order valence-corrected chi connectivity index (χ3v) is 3.88. The molecule has 0 bridgehead atoms. The van der Waals surface area contributed by atoms with Crippen LogP contribution in [-0.2, 0) is 22.7 Å². The lowest BCUT2D eigenvalue weighted by atomic mass is 10.2. The number of hydrogen-bond acceptors (Lipinski definition) is 4. The van der Waals surface area contributed by atoms with Crippen molar-refractivity contribution in [2.45, 2.75) is 19.2 Å². The monoisotopic (exact) mass is 362 g/mol. The number of hydrogen-bond donors (Lipinski definition) is 2. The van der Waals surface area contributed by atoms with Crippen LogP contribution in [-0.4, -0.2) is 31.7 Å². The molecule has 1 aliphatic rings. The molecule has 0 aromatic heterocycles. The molecule has 1 heterocycles. The summed E-state index contributed by atoms with van der Waals surface area (Å²) < 4.78 is 11.0. The number of rotatable bonds is 6. The molecule has 2 aromatic rings. The average molecular weight is 363 g/mol. The van der Waals surface area contributed by atoms with Crippen LogP contribution >= 0.6 is 12.4 Å².